The van der Waals surface area contributed by atoms with Gasteiger partial charge in [0.2, 0.25) is 0 Å². The van der Waals surface area contributed by atoms with Gasteiger partial charge in [0.15, 0.2) is 0 Å². The first kappa shape index (κ1) is 16.8. The lowest BCUT2D eigenvalue weighted by Crippen LogP contribution is -2.30. The van der Waals surface area contributed by atoms with Crippen LogP contribution in [0.25, 0.3) is 0 Å². The van der Waals surface area contributed by atoms with Crippen molar-refractivity contribution in [1.29, 1.82) is 0 Å². The summed E-state index contributed by atoms with van der Waals surface area (Å²) in [7, 11) is 0. The first-order valence-corrected chi connectivity index (χ1v) is 8.58. The summed E-state index contributed by atoms with van der Waals surface area (Å²) in [5.74, 6) is 0.485. The van der Waals surface area contributed by atoms with Crippen LogP contribution in [0.4, 0.5) is 10.5 Å². The summed E-state index contributed by atoms with van der Waals surface area (Å²) in [5.41, 5.74) is 3.14. The van der Waals surface area contributed by atoms with E-state index in [1.54, 1.807) is 53.8 Å². The molecule has 1 aliphatic rings. The molecule has 27 heavy (non-hydrogen) atoms. The Morgan fingerprint density at radius 2 is 1.93 bits per heavy atom. The Bertz CT molecular complexity index is 927. The molecule has 0 saturated carbocycles. The highest BCUT2D eigenvalue weighted by atomic mass is 16.3. The molecule has 0 fully saturated rings. The van der Waals surface area contributed by atoms with Gasteiger partial charge in [0.1, 0.15) is 5.76 Å². The summed E-state index contributed by atoms with van der Waals surface area (Å²) >= 11 is 0. The third kappa shape index (κ3) is 3.82. The Morgan fingerprint density at radius 1 is 1.07 bits per heavy atom. The maximum Gasteiger partial charge on any atom is 0.322 e. The van der Waals surface area contributed by atoms with Gasteiger partial charge in [0.25, 0.3) is 5.91 Å². The van der Waals surface area contributed by atoms with Gasteiger partial charge in [0.05, 0.1) is 25.0 Å². The van der Waals surface area contributed by atoms with Gasteiger partial charge in [-0.3, -0.25) is 9.78 Å². The van der Waals surface area contributed by atoms with E-state index in [1.807, 2.05) is 12.1 Å². The van der Waals surface area contributed by atoms with E-state index in [2.05, 4.69) is 15.6 Å². The molecule has 0 atom stereocenters. The third-order valence-electron chi connectivity index (χ3n) is 4.38. The lowest BCUT2D eigenvalue weighted by atomic mass is 10.2. The highest BCUT2D eigenvalue weighted by Gasteiger charge is 2.24. The summed E-state index contributed by atoms with van der Waals surface area (Å²) < 4.78 is 5.18. The number of benzene rings is 1. The van der Waals surface area contributed by atoms with Crippen LogP contribution in [0.15, 0.2) is 65.4 Å². The molecular weight excluding hydrogens is 344 g/mol. The van der Waals surface area contributed by atoms with E-state index in [-0.39, 0.29) is 11.9 Å². The minimum absolute atomic E-state index is 0.192. The maximum absolute atomic E-state index is 12.4. The minimum atomic E-state index is -0.203. The van der Waals surface area contributed by atoms with Crippen LogP contribution in [0.2, 0.25) is 0 Å². The van der Waals surface area contributed by atoms with Crippen molar-refractivity contribution in [2.45, 2.75) is 19.6 Å². The van der Waals surface area contributed by atoms with Gasteiger partial charge in [-0.25, -0.2) is 4.79 Å². The largest absolute Gasteiger partial charge is 0.467 e. The van der Waals surface area contributed by atoms with Crippen molar-refractivity contribution in [3.05, 3.63) is 83.6 Å². The van der Waals surface area contributed by atoms with Crippen molar-refractivity contribution >= 4 is 17.6 Å². The molecule has 2 N–H and O–H groups in total. The molecule has 2 aromatic heterocycles. The van der Waals surface area contributed by atoms with Gasteiger partial charge in [-0.05, 0) is 48.0 Å². The van der Waals surface area contributed by atoms with E-state index >= 15 is 0 Å². The minimum Gasteiger partial charge on any atom is -0.467 e. The molecular formula is C20H18N4O3. The van der Waals surface area contributed by atoms with Gasteiger partial charge in [-0.1, -0.05) is 6.07 Å². The molecule has 1 aliphatic heterocycles. The molecule has 4 rings (SSSR count). The fraction of sp³-hybridized carbons (Fsp3) is 0.150. The number of carbonyl (C=O) groups excluding carboxylic acids is 2. The molecule has 1 aromatic carbocycles. The SMILES string of the molecule is O=C(NCc1ccco1)c1ccc(NC(=O)N2Cc3cccnc3C2)cc1. The zero-order valence-corrected chi connectivity index (χ0v) is 14.5. The number of hydrogen-bond acceptors (Lipinski definition) is 4. The predicted molar refractivity (Wildman–Crippen MR) is 98.8 cm³/mol. The van der Waals surface area contributed by atoms with Gasteiger partial charge >= 0.3 is 6.03 Å². The Balaban J connectivity index is 1.32. The van der Waals surface area contributed by atoms with Crippen molar-refractivity contribution in [1.82, 2.24) is 15.2 Å². The monoisotopic (exact) mass is 362 g/mol. The van der Waals surface area contributed by atoms with E-state index < -0.39 is 0 Å². The van der Waals surface area contributed by atoms with Crippen LogP contribution in [-0.4, -0.2) is 21.8 Å². The molecule has 0 aliphatic carbocycles. The average molecular weight is 362 g/mol. The first-order valence-electron chi connectivity index (χ1n) is 8.58. The Hall–Kier alpha value is -3.61. The number of pyridine rings is 1. The third-order valence-corrected chi connectivity index (χ3v) is 4.38. The van der Waals surface area contributed by atoms with Crippen LogP contribution in [0, 0.1) is 0 Å². The Kier molecular flexibility index (Phi) is 4.57. The van der Waals surface area contributed by atoms with E-state index in [4.69, 9.17) is 4.42 Å². The van der Waals surface area contributed by atoms with Gasteiger partial charge in [-0.2, -0.15) is 0 Å². The molecule has 0 radical (unpaired) electrons. The molecule has 136 valence electrons. The van der Waals surface area contributed by atoms with E-state index in [9.17, 15) is 9.59 Å². The number of aromatic nitrogens is 1. The second kappa shape index (κ2) is 7.33. The topological polar surface area (TPSA) is 87.5 Å². The number of nitrogens with one attached hydrogen (secondary N) is 2. The summed E-state index contributed by atoms with van der Waals surface area (Å²) in [5, 5.41) is 5.63. The number of urea groups is 1. The summed E-state index contributed by atoms with van der Waals surface area (Å²) in [6.45, 7) is 1.37. The Morgan fingerprint density at radius 3 is 2.67 bits per heavy atom. The van der Waals surface area contributed by atoms with Crippen LogP contribution in [0.5, 0.6) is 0 Å². The van der Waals surface area contributed by atoms with E-state index in [0.717, 1.165) is 11.3 Å². The van der Waals surface area contributed by atoms with Crippen LogP contribution in [-0.2, 0) is 19.6 Å². The number of furan rings is 1. The summed E-state index contributed by atoms with van der Waals surface area (Å²) in [6, 6.07) is 14.0. The molecule has 3 heterocycles. The lowest BCUT2D eigenvalue weighted by molar-refractivity contribution is 0.0948. The summed E-state index contributed by atoms with van der Waals surface area (Å²) in [4.78, 5) is 30.6. The number of amides is 3. The van der Waals surface area contributed by atoms with Gasteiger partial charge < -0.3 is 20.0 Å². The normalized spacial score (nSPS) is 12.5. The van der Waals surface area contributed by atoms with Crippen molar-refractivity contribution in [2.24, 2.45) is 0 Å². The highest BCUT2D eigenvalue weighted by Crippen LogP contribution is 2.21. The fourth-order valence-corrected chi connectivity index (χ4v) is 2.93. The number of carbonyl (C=O) groups is 2. The van der Waals surface area contributed by atoms with Gasteiger partial charge in [-0.15, -0.1) is 0 Å². The number of rotatable bonds is 4. The highest BCUT2D eigenvalue weighted by molar-refractivity contribution is 5.95. The fourth-order valence-electron chi connectivity index (χ4n) is 2.93. The van der Waals surface area contributed by atoms with Crippen LogP contribution in [0.3, 0.4) is 0 Å². The van der Waals surface area contributed by atoms with Crippen molar-refractivity contribution < 1.29 is 14.0 Å². The molecule has 0 unspecified atom stereocenters. The van der Waals surface area contributed by atoms with E-state index in [0.29, 0.717) is 36.6 Å². The summed E-state index contributed by atoms with van der Waals surface area (Å²) in [6.07, 6.45) is 3.30. The molecule has 3 amide bonds. The quantitative estimate of drug-likeness (QED) is 0.746. The van der Waals surface area contributed by atoms with Crippen molar-refractivity contribution in [3.63, 3.8) is 0 Å². The lowest BCUT2D eigenvalue weighted by Gasteiger charge is -2.16. The molecule has 3 aromatic rings. The standard InChI is InChI=1S/C20H18N4O3/c25-19(22-11-17-4-2-10-27-17)14-5-7-16(8-6-14)23-20(26)24-12-15-3-1-9-21-18(15)13-24/h1-10H,11-13H2,(H,22,25)(H,23,26). The second-order valence-electron chi connectivity index (χ2n) is 6.23. The van der Waals surface area contributed by atoms with Crippen molar-refractivity contribution in [2.75, 3.05) is 5.32 Å². The van der Waals surface area contributed by atoms with Crippen LogP contribution < -0.4 is 10.6 Å². The molecule has 0 bridgehead atoms. The number of nitrogens with zero attached hydrogens (tertiary/aromatic N) is 2. The molecule has 0 spiro atoms. The second-order valence-corrected chi connectivity index (χ2v) is 6.23. The molecule has 7 nitrogen and oxygen atoms in total. The first-order chi connectivity index (χ1) is 13.2. The average Bonchev–Trinajstić information content (AvgIpc) is 3.36. The predicted octanol–water partition coefficient (Wildman–Crippen LogP) is 3.15. The maximum atomic E-state index is 12.4. The van der Waals surface area contributed by atoms with Crippen LogP contribution in [0.1, 0.15) is 27.4 Å². The number of fused-ring (bicyclic) bond motifs is 1. The number of hydrogen-bond donors (Lipinski definition) is 2. The van der Waals surface area contributed by atoms with Crippen LogP contribution >= 0.6 is 0 Å². The molecule has 0 saturated heterocycles. The Labute approximate surface area is 156 Å². The zero-order valence-electron chi connectivity index (χ0n) is 14.5. The van der Waals surface area contributed by atoms with E-state index in [1.165, 1.54) is 0 Å². The smallest absolute Gasteiger partial charge is 0.322 e. The number of anilines is 1. The van der Waals surface area contributed by atoms with Gasteiger partial charge in [0, 0.05) is 24.0 Å². The molecule has 7 heteroatoms. The zero-order chi connectivity index (χ0) is 18.6. The van der Waals surface area contributed by atoms with Crippen molar-refractivity contribution in [3.8, 4) is 0 Å².